The van der Waals surface area contributed by atoms with E-state index in [0.717, 1.165) is 0 Å². The molecule has 0 aliphatic heterocycles. The summed E-state index contributed by atoms with van der Waals surface area (Å²) in [4.78, 5) is 21.7. The van der Waals surface area contributed by atoms with Gasteiger partial charge in [0.05, 0.1) is 0 Å². The summed E-state index contributed by atoms with van der Waals surface area (Å²) < 4.78 is 0. The maximum Gasteiger partial charge on any atom is 0.224 e. The molecule has 0 aliphatic carbocycles. The monoisotopic (exact) mass is 245 g/mol. The highest BCUT2D eigenvalue weighted by molar-refractivity contribution is 6.63. The highest BCUT2D eigenvalue weighted by Crippen LogP contribution is 2.15. The van der Waals surface area contributed by atoms with Crippen LogP contribution in [0.4, 0.5) is 5.69 Å². The van der Waals surface area contributed by atoms with E-state index >= 15 is 0 Å². The first kappa shape index (κ1) is 12.0. The van der Waals surface area contributed by atoms with Crippen molar-refractivity contribution < 1.29 is 9.59 Å². The minimum atomic E-state index is -0.517. The number of hydrogen-bond donors (Lipinski definition) is 1. The maximum atomic E-state index is 11.3. The average molecular weight is 246 g/mol. The summed E-state index contributed by atoms with van der Waals surface area (Å²) in [6.07, 6.45) is 0.114. The van der Waals surface area contributed by atoms with Crippen LogP contribution in [0.25, 0.3) is 0 Å². The summed E-state index contributed by atoms with van der Waals surface area (Å²) in [7, 11) is 0. The lowest BCUT2D eigenvalue weighted by Gasteiger charge is -2.03. The topological polar surface area (TPSA) is 46.2 Å². The molecule has 0 bridgehead atoms. The highest BCUT2D eigenvalue weighted by atomic mass is 35.5. The molecule has 1 amide bonds. The Labute approximate surface area is 97.4 Å². The molecule has 5 heteroatoms. The fraction of sp³-hybridized carbons (Fsp3) is 0.200. The largest absolute Gasteiger partial charge is 0.326 e. The van der Waals surface area contributed by atoms with Gasteiger partial charge in [0, 0.05) is 23.6 Å². The summed E-state index contributed by atoms with van der Waals surface area (Å²) >= 11 is 10.8. The van der Waals surface area contributed by atoms with E-state index in [0.29, 0.717) is 10.7 Å². The molecule has 1 N–H and O–H groups in total. The highest BCUT2D eigenvalue weighted by Gasteiger charge is 2.05. The van der Waals surface area contributed by atoms with Crippen molar-refractivity contribution in [2.45, 2.75) is 12.8 Å². The molecule has 80 valence electrons. The van der Waals surface area contributed by atoms with E-state index < -0.39 is 5.24 Å². The third-order valence-corrected chi connectivity index (χ3v) is 2.08. The van der Waals surface area contributed by atoms with Gasteiger partial charge in [0.1, 0.15) is 0 Å². The lowest BCUT2D eigenvalue weighted by atomic mass is 10.3. The predicted octanol–water partition coefficient (Wildman–Crippen LogP) is 2.82. The van der Waals surface area contributed by atoms with Crippen LogP contribution in [-0.4, -0.2) is 11.1 Å². The van der Waals surface area contributed by atoms with Gasteiger partial charge in [0.15, 0.2) is 0 Å². The summed E-state index contributed by atoms with van der Waals surface area (Å²) in [6, 6.07) is 6.78. The Morgan fingerprint density at radius 2 is 2.00 bits per heavy atom. The van der Waals surface area contributed by atoms with Gasteiger partial charge in [0.25, 0.3) is 0 Å². The second-order valence-corrected chi connectivity index (χ2v) is 3.77. The van der Waals surface area contributed by atoms with Gasteiger partial charge in [-0.2, -0.15) is 0 Å². The van der Waals surface area contributed by atoms with Crippen molar-refractivity contribution >= 4 is 40.0 Å². The predicted molar refractivity (Wildman–Crippen MR) is 60.2 cm³/mol. The number of benzene rings is 1. The van der Waals surface area contributed by atoms with Gasteiger partial charge in [-0.15, -0.1) is 0 Å². The van der Waals surface area contributed by atoms with E-state index in [4.69, 9.17) is 23.2 Å². The lowest BCUT2D eigenvalue weighted by Crippen LogP contribution is -2.11. The Morgan fingerprint density at radius 1 is 1.27 bits per heavy atom. The van der Waals surface area contributed by atoms with Crippen molar-refractivity contribution in [3.63, 3.8) is 0 Å². The van der Waals surface area contributed by atoms with Crippen LogP contribution in [0.1, 0.15) is 12.8 Å². The second kappa shape index (κ2) is 5.73. The van der Waals surface area contributed by atoms with Crippen LogP contribution in [-0.2, 0) is 9.59 Å². The van der Waals surface area contributed by atoms with E-state index in [-0.39, 0.29) is 18.7 Å². The van der Waals surface area contributed by atoms with Gasteiger partial charge in [-0.3, -0.25) is 9.59 Å². The molecule has 0 unspecified atom stereocenters. The summed E-state index contributed by atoms with van der Waals surface area (Å²) in [5, 5.41) is 2.63. The van der Waals surface area contributed by atoms with Crippen molar-refractivity contribution in [3.8, 4) is 0 Å². The molecule has 0 aliphatic rings. The Hall–Kier alpha value is -1.06. The molecule has 1 rings (SSSR count). The molecule has 0 fully saturated rings. The third-order valence-electron chi connectivity index (χ3n) is 1.66. The van der Waals surface area contributed by atoms with E-state index in [1.54, 1.807) is 24.3 Å². The molecule has 0 atom stereocenters. The molecule has 0 saturated carbocycles. The Morgan fingerprint density at radius 3 is 2.60 bits per heavy atom. The van der Waals surface area contributed by atoms with Crippen molar-refractivity contribution in [3.05, 3.63) is 29.3 Å². The van der Waals surface area contributed by atoms with Gasteiger partial charge in [-0.1, -0.05) is 17.7 Å². The quantitative estimate of drug-likeness (QED) is 0.830. The smallest absolute Gasteiger partial charge is 0.224 e. The molecule has 0 radical (unpaired) electrons. The van der Waals surface area contributed by atoms with Crippen LogP contribution in [0.2, 0.25) is 5.02 Å². The van der Waals surface area contributed by atoms with Gasteiger partial charge in [-0.25, -0.2) is 0 Å². The van der Waals surface area contributed by atoms with Crippen molar-refractivity contribution in [1.82, 2.24) is 0 Å². The second-order valence-electron chi connectivity index (χ2n) is 2.91. The molecule has 15 heavy (non-hydrogen) atoms. The van der Waals surface area contributed by atoms with Crippen molar-refractivity contribution in [2.24, 2.45) is 0 Å². The van der Waals surface area contributed by atoms with Crippen LogP contribution in [0, 0.1) is 0 Å². The Bertz CT molecular complexity index is 379. The number of hydrogen-bond acceptors (Lipinski definition) is 2. The first-order chi connectivity index (χ1) is 7.08. The Balaban J connectivity index is 2.48. The van der Waals surface area contributed by atoms with E-state index in [9.17, 15) is 9.59 Å². The number of nitrogens with one attached hydrogen (secondary N) is 1. The van der Waals surface area contributed by atoms with Crippen molar-refractivity contribution in [2.75, 3.05) is 5.32 Å². The van der Waals surface area contributed by atoms with Crippen LogP contribution in [0.15, 0.2) is 24.3 Å². The van der Waals surface area contributed by atoms with Crippen molar-refractivity contribution in [1.29, 1.82) is 0 Å². The molecule has 1 aromatic carbocycles. The standard InChI is InChI=1S/C10H9Cl2NO2/c11-7-2-1-3-8(6-7)13-10(15)5-4-9(12)14/h1-3,6H,4-5H2,(H,13,15). The first-order valence-corrected chi connectivity index (χ1v) is 5.07. The molecule has 0 saturated heterocycles. The normalized spacial score (nSPS) is 9.73. The van der Waals surface area contributed by atoms with Gasteiger partial charge in [0.2, 0.25) is 11.1 Å². The van der Waals surface area contributed by atoms with E-state index in [1.807, 2.05) is 0 Å². The molecule has 0 spiro atoms. The van der Waals surface area contributed by atoms with E-state index in [2.05, 4.69) is 5.32 Å². The number of rotatable bonds is 4. The fourth-order valence-corrected chi connectivity index (χ4v) is 1.29. The molecule has 0 aromatic heterocycles. The molecule has 3 nitrogen and oxygen atoms in total. The molecular weight excluding hydrogens is 237 g/mol. The van der Waals surface area contributed by atoms with Crippen LogP contribution in [0.5, 0.6) is 0 Å². The number of amides is 1. The first-order valence-electron chi connectivity index (χ1n) is 4.31. The SMILES string of the molecule is O=C(Cl)CCC(=O)Nc1cccc(Cl)c1. The minimum absolute atomic E-state index is 0.0357. The van der Waals surface area contributed by atoms with Gasteiger partial charge in [-0.05, 0) is 29.8 Å². The number of carbonyl (C=O) groups excluding carboxylic acids is 2. The van der Waals surface area contributed by atoms with Gasteiger partial charge < -0.3 is 5.32 Å². The molecular formula is C10H9Cl2NO2. The average Bonchev–Trinajstić information content (AvgIpc) is 2.15. The van der Waals surface area contributed by atoms with Crippen LogP contribution < -0.4 is 5.32 Å². The molecule has 0 heterocycles. The summed E-state index contributed by atoms with van der Waals surface area (Å²) in [5.41, 5.74) is 0.606. The van der Waals surface area contributed by atoms with E-state index in [1.165, 1.54) is 0 Å². The fourth-order valence-electron chi connectivity index (χ4n) is 1.00. The summed E-state index contributed by atoms with van der Waals surface area (Å²) in [5.74, 6) is -0.258. The minimum Gasteiger partial charge on any atom is -0.326 e. The lowest BCUT2D eigenvalue weighted by molar-refractivity contribution is -0.119. The zero-order valence-corrected chi connectivity index (χ0v) is 9.31. The zero-order chi connectivity index (χ0) is 11.3. The van der Waals surface area contributed by atoms with Crippen LogP contribution in [0.3, 0.4) is 0 Å². The number of anilines is 1. The third kappa shape index (κ3) is 4.81. The zero-order valence-electron chi connectivity index (χ0n) is 7.80. The number of halogens is 2. The van der Waals surface area contributed by atoms with Crippen LogP contribution >= 0.6 is 23.2 Å². The Kier molecular flexibility index (Phi) is 4.59. The summed E-state index contributed by atoms with van der Waals surface area (Å²) in [6.45, 7) is 0. The molecule has 1 aromatic rings. The number of carbonyl (C=O) groups is 2. The van der Waals surface area contributed by atoms with Gasteiger partial charge >= 0.3 is 0 Å². The maximum absolute atomic E-state index is 11.3.